The Labute approximate surface area is 90.4 Å². The summed E-state index contributed by atoms with van der Waals surface area (Å²) in [6, 6.07) is 2.66. The fourth-order valence-electron chi connectivity index (χ4n) is 2.68. The Hall–Kier alpha value is 0.177. The summed E-state index contributed by atoms with van der Waals surface area (Å²) in [6.07, 6.45) is 4.46. The molecule has 0 saturated carbocycles. The SMILES string of the molecule is CCC1CCC[Si](CC)(C(C)(C)C)O1. The zero-order chi connectivity index (χ0) is 10.8. The first-order valence-electron chi connectivity index (χ1n) is 6.13. The van der Waals surface area contributed by atoms with E-state index in [2.05, 4.69) is 34.6 Å². The maximum Gasteiger partial charge on any atom is 0.198 e. The summed E-state index contributed by atoms with van der Waals surface area (Å²) in [6.45, 7) is 11.7. The van der Waals surface area contributed by atoms with Crippen LogP contribution in [0.25, 0.3) is 0 Å². The van der Waals surface area contributed by atoms with Crippen LogP contribution < -0.4 is 0 Å². The van der Waals surface area contributed by atoms with Crippen LogP contribution in [0.4, 0.5) is 0 Å². The molecule has 1 fully saturated rings. The van der Waals surface area contributed by atoms with Crippen molar-refractivity contribution in [3.05, 3.63) is 0 Å². The molecule has 0 aliphatic carbocycles. The molecule has 1 heterocycles. The first-order chi connectivity index (χ1) is 6.45. The molecule has 0 aromatic carbocycles. The molecule has 2 heteroatoms. The van der Waals surface area contributed by atoms with Crippen LogP contribution in [-0.2, 0) is 4.43 Å². The van der Waals surface area contributed by atoms with Crippen molar-refractivity contribution in [1.29, 1.82) is 0 Å². The van der Waals surface area contributed by atoms with Gasteiger partial charge in [0.2, 0.25) is 0 Å². The number of rotatable bonds is 2. The molecule has 1 rings (SSSR count). The highest BCUT2D eigenvalue weighted by molar-refractivity contribution is 6.76. The first kappa shape index (κ1) is 12.2. The number of hydrogen-bond acceptors (Lipinski definition) is 1. The Morgan fingerprint density at radius 2 is 1.93 bits per heavy atom. The second-order valence-electron chi connectivity index (χ2n) is 5.64. The van der Waals surface area contributed by atoms with Crippen LogP contribution in [0.1, 0.15) is 53.9 Å². The van der Waals surface area contributed by atoms with Crippen LogP contribution in [-0.4, -0.2) is 14.4 Å². The maximum absolute atomic E-state index is 6.48. The van der Waals surface area contributed by atoms with E-state index in [9.17, 15) is 0 Å². The predicted molar refractivity (Wildman–Crippen MR) is 65.2 cm³/mol. The van der Waals surface area contributed by atoms with Crippen LogP contribution in [0.15, 0.2) is 0 Å². The molecule has 1 nitrogen and oxygen atoms in total. The quantitative estimate of drug-likeness (QED) is 0.621. The highest BCUT2D eigenvalue weighted by atomic mass is 28.4. The Balaban J connectivity index is 2.78. The van der Waals surface area contributed by atoms with Gasteiger partial charge in [0, 0.05) is 6.10 Å². The van der Waals surface area contributed by atoms with Gasteiger partial charge in [0.15, 0.2) is 8.32 Å². The molecule has 1 aliphatic rings. The average molecular weight is 214 g/mol. The third-order valence-corrected chi connectivity index (χ3v) is 9.71. The average Bonchev–Trinajstić information content (AvgIpc) is 2.16. The van der Waals surface area contributed by atoms with E-state index in [-0.39, 0.29) is 0 Å². The van der Waals surface area contributed by atoms with E-state index in [1.807, 2.05) is 0 Å². The standard InChI is InChI=1S/C12H26OSi/c1-6-11-9-8-10-14(7-2,13-11)12(3,4)5/h11H,6-10H2,1-5H3. The molecule has 2 atom stereocenters. The van der Waals surface area contributed by atoms with Gasteiger partial charge in [-0.25, -0.2) is 0 Å². The van der Waals surface area contributed by atoms with Crippen LogP contribution in [0, 0.1) is 0 Å². The van der Waals surface area contributed by atoms with Gasteiger partial charge in [-0.2, -0.15) is 0 Å². The third kappa shape index (κ3) is 2.22. The maximum atomic E-state index is 6.48. The van der Waals surface area contributed by atoms with Crippen molar-refractivity contribution in [1.82, 2.24) is 0 Å². The second kappa shape index (κ2) is 4.36. The molecule has 2 unspecified atom stereocenters. The van der Waals surface area contributed by atoms with Gasteiger partial charge in [-0.3, -0.25) is 0 Å². The lowest BCUT2D eigenvalue weighted by molar-refractivity contribution is 0.140. The van der Waals surface area contributed by atoms with Gasteiger partial charge in [0.05, 0.1) is 0 Å². The minimum absolute atomic E-state index is 0.412. The molecule has 84 valence electrons. The molecule has 0 amide bonds. The molecule has 0 bridgehead atoms. The lowest BCUT2D eigenvalue weighted by atomic mass is 10.2. The fraction of sp³-hybridized carbons (Fsp3) is 1.00. The smallest absolute Gasteiger partial charge is 0.198 e. The van der Waals surface area contributed by atoms with Crippen LogP contribution >= 0.6 is 0 Å². The molecule has 0 aromatic heterocycles. The second-order valence-corrected chi connectivity index (χ2v) is 10.6. The van der Waals surface area contributed by atoms with Crippen molar-refractivity contribution in [2.75, 3.05) is 0 Å². The van der Waals surface area contributed by atoms with Gasteiger partial charge in [-0.15, -0.1) is 0 Å². The normalized spacial score (nSPS) is 34.5. The zero-order valence-electron chi connectivity index (χ0n) is 10.5. The summed E-state index contributed by atoms with van der Waals surface area (Å²) in [4.78, 5) is 0. The van der Waals surface area contributed by atoms with Gasteiger partial charge in [-0.05, 0) is 30.0 Å². The topological polar surface area (TPSA) is 9.23 Å². The van der Waals surface area contributed by atoms with Crippen LogP contribution in [0.3, 0.4) is 0 Å². The van der Waals surface area contributed by atoms with Crippen molar-refractivity contribution in [3.8, 4) is 0 Å². The highest BCUT2D eigenvalue weighted by Crippen LogP contribution is 2.46. The highest BCUT2D eigenvalue weighted by Gasteiger charge is 2.47. The van der Waals surface area contributed by atoms with E-state index in [0.717, 1.165) is 0 Å². The summed E-state index contributed by atoms with van der Waals surface area (Å²) in [5, 5.41) is 0.412. The van der Waals surface area contributed by atoms with Crippen molar-refractivity contribution < 1.29 is 4.43 Å². The Bertz CT molecular complexity index is 185. The van der Waals surface area contributed by atoms with Gasteiger partial charge >= 0.3 is 0 Å². The molecule has 0 aromatic rings. The van der Waals surface area contributed by atoms with Crippen LogP contribution in [0.5, 0.6) is 0 Å². The van der Waals surface area contributed by atoms with E-state index >= 15 is 0 Å². The predicted octanol–water partition coefficient (Wildman–Crippen LogP) is 4.34. The van der Waals surface area contributed by atoms with Gasteiger partial charge in [0.25, 0.3) is 0 Å². The molecule has 0 spiro atoms. The molecule has 0 radical (unpaired) electrons. The first-order valence-corrected chi connectivity index (χ1v) is 8.45. The van der Waals surface area contributed by atoms with E-state index in [0.29, 0.717) is 11.1 Å². The molecule has 0 N–H and O–H groups in total. The van der Waals surface area contributed by atoms with Crippen molar-refractivity contribution in [2.24, 2.45) is 0 Å². The summed E-state index contributed by atoms with van der Waals surface area (Å²) in [5.41, 5.74) is 0. The largest absolute Gasteiger partial charge is 0.413 e. The van der Waals surface area contributed by atoms with E-state index in [1.165, 1.54) is 31.4 Å². The van der Waals surface area contributed by atoms with E-state index < -0.39 is 8.32 Å². The minimum atomic E-state index is -1.44. The molecule has 1 saturated heterocycles. The summed E-state index contributed by atoms with van der Waals surface area (Å²) >= 11 is 0. The Kier molecular flexibility index (Phi) is 3.81. The Morgan fingerprint density at radius 1 is 1.29 bits per heavy atom. The molecule has 14 heavy (non-hydrogen) atoms. The van der Waals surface area contributed by atoms with Gasteiger partial charge in [0.1, 0.15) is 0 Å². The summed E-state index contributed by atoms with van der Waals surface area (Å²) < 4.78 is 6.48. The minimum Gasteiger partial charge on any atom is -0.413 e. The third-order valence-electron chi connectivity index (χ3n) is 3.89. The summed E-state index contributed by atoms with van der Waals surface area (Å²) in [5.74, 6) is 0. The van der Waals surface area contributed by atoms with Crippen LogP contribution in [0.2, 0.25) is 17.1 Å². The lowest BCUT2D eigenvalue weighted by Crippen LogP contribution is -2.51. The number of hydrogen-bond donors (Lipinski definition) is 0. The fourth-order valence-corrected chi connectivity index (χ4v) is 7.18. The lowest BCUT2D eigenvalue weighted by Gasteiger charge is -2.47. The molecular weight excluding hydrogens is 188 g/mol. The van der Waals surface area contributed by atoms with Crippen molar-refractivity contribution in [2.45, 2.75) is 77.1 Å². The monoisotopic (exact) mass is 214 g/mol. The molecule has 1 aliphatic heterocycles. The Morgan fingerprint density at radius 3 is 2.36 bits per heavy atom. The summed E-state index contributed by atoms with van der Waals surface area (Å²) in [7, 11) is -1.44. The van der Waals surface area contributed by atoms with Gasteiger partial charge in [-0.1, -0.05) is 41.0 Å². The van der Waals surface area contributed by atoms with Crippen molar-refractivity contribution in [3.63, 3.8) is 0 Å². The van der Waals surface area contributed by atoms with E-state index in [1.54, 1.807) is 0 Å². The zero-order valence-corrected chi connectivity index (χ0v) is 11.5. The van der Waals surface area contributed by atoms with Gasteiger partial charge < -0.3 is 4.43 Å². The van der Waals surface area contributed by atoms with Crippen molar-refractivity contribution >= 4 is 8.32 Å². The molecular formula is C12H26OSi. The van der Waals surface area contributed by atoms with E-state index in [4.69, 9.17) is 4.43 Å².